The van der Waals surface area contributed by atoms with E-state index >= 15 is 0 Å². The van der Waals surface area contributed by atoms with E-state index in [4.69, 9.17) is 4.74 Å². The number of carbonyl (C=O) groups excluding carboxylic acids is 2. The Kier molecular flexibility index (Phi) is 8.36. The zero-order valence-corrected chi connectivity index (χ0v) is 16.1. The number of rotatable bonds is 10. The summed E-state index contributed by atoms with van der Waals surface area (Å²) in [6.45, 7) is 4.79. The Morgan fingerprint density at radius 1 is 1.00 bits per heavy atom. The number of carbonyl (C=O) groups is 2. The van der Waals surface area contributed by atoms with E-state index in [1.54, 1.807) is 17.0 Å². The van der Waals surface area contributed by atoms with Gasteiger partial charge in [-0.1, -0.05) is 50.1 Å². The standard InChI is InChI=1S/C22H28N2O3/c1-3-4-8-15-24(18(2)25)16-22(26)23-20-11-13-21(14-12-20)27-17-19-9-6-5-7-10-19/h5-7,9-14H,3-4,8,15-17H2,1-2H3,(H,23,26). The van der Waals surface area contributed by atoms with E-state index in [1.165, 1.54) is 6.92 Å². The lowest BCUT2D eigenvalue weighted by atomic mass is 10.2. The van der Waals surface area contributed by atoms with Crippen LogP contribution in [-0.4, -0.2) is 29.8 Å². The van der Waals surface area contributed by atoms with Crippen LogP contribution in [0.1, 0.15) is 38.7 Å². The highest BCUT2D eigenvalue weighted by molar-refractivity contribution is 5.94. The van der Waals surface area contributed by atoms with Crippen LogP contribution in [0.3, 0.4) is 0 Å². The predicted molar refractivity (Wildman–Crippen MR) is 108 cm³/mol. The molecule has 1 N–H and O–H groups in total. The highest BCUT2D eigenvalue weighted by Crippen LogP contribution is 2.17. The first-order chi connectivity index (χ1) is 13.1. The Balaban J connectivity index is 1.82. The molecule has 0 bridgehead atoms. The summed E-state index contributed by atoms with van der Waals surface area (Å²) in [6, 6.07) is 17.2. The van der Waals surface area contributed by atoms with E-state index in [0.717, 1.165) is 30.6 Å². The molecule has 0 radical (unpaired) electrons. The van der Waals surface area contributed by atoms with Gasteiger partial charge in [0.15, 0.2) is 0 Å². The molecule has 5 nitrogen and oxygen atoms in total. The largest absolute Gasteiger partial charge is 0.489 e. The zero-order valence-electron chi connectivity index (χ0n) is 16.1. The average Bonchev–Trinajstić information content (AvgIpc) is 2.67. The van der Waals surface area contributed by atoms with Crippen LogP contribution in [0.15, 0.2) is 54.6 Å². The van der Waals surface area contributed by atoms with Gasteiger partial charge in [-0.2, -0.15) is 0 Å². The number of amides is 2. The number of hydrogen-bond acceptors (Lipinski definition) is 3. The molecule has 2 aromatic carbocycles. The van der Waals surface area contributed by atoms with Gasteiger partial charge < -0.3 is 15.0 Å². The van der Waals surface area contributed by atoms with E-state index in [1.807, 2.05) is 42.5 Å². The third-order valence-corrected chi connectivity index (χ3v) is 4.20. The Morgan fingerprint density at radius 3 is 2.33 bits per heavy atom. The molecule has 0 saturated carbocycles. The summed E-state index contributed by atoms with van der Waals surface area (Å²) in [5, 5.41) is 2.83. The Morgan fingerprint density at radius 2 is 1.70 bits per heavy atom. The SMILES string of the molecule is CCCCCN(CC(=O)Nc1ccc(OCc2ccccc2)cc1)C(C)=O. The van der Waals surface area contributed by atoms with Crippen molar-refractivity contribution in [2.75, 3.05) is 18.4 Å². The van der Waals surface area contributed by atoms with Gasteiger partial charge in [0.25, 0.3) is 0 Å². The number of anilines is 1. The van der Waals surface area contributed by atoms with E-state index in [2.05, 4.69) is 12.2 Å². The molecular formula is C22H28N2O3. The maximum Gasteiger partial charge on any atom is 0.243 e. The molecule has 0 saturated heterocycles. The molecule has 2 rings (SSSR count). The normalized spacial score (nSPS) is 10.3. The number of ether oxygens (including phenoxy) is 1. The predicted octanol–water partition coefficient (Wildman–Crippen LogP) is 4.24. The van der Waals surface area contributed by atoms with Crippen LogP contribution in [0, 0.1) is 0 Å². The molecule has 27 heavy (non-hydrogen) atoms. The van der Waals surface area contributed by atoms with Crippen molar-refractivity contribution < 1.29 is 14.3 Å². The van der Waals surface area contributed by atoms with Gasteiger partial charge in [0, 0.05) is 19.2 Å². The summed E-state index contributed by atoms with van der Waals surface area (Å²) in [6.07, 6.45) is 3.04. The van der Waals surface area contributed by atoms with Crippen LogP contribution in [-0.2, 0) is 16.2 Å². The van der Waals surface area contributed by atoms with Crippen molar-refractivity contribution >= 4 is 17.5 Å². The molecular weight excluding hydrogens is 340 g/mol. The number of benzene rings is 2. The molecule has 144 valence electrons. The van der Waals surface area contributed by atoms with Gasteiger partial charge in [0.05, 0.1) is 6.54 Å². The number of hydrogen-bond donors (Lipinski definition) is 1. The maximum atomic E-state index is 12.2. The number of unbranched alkanes of at least 4 members (excludes halogenated alkanes) is 2. The van der Waals surface area contributed by atoms with Crippen molar-refractivity contribution in [3.8, 4) is 5.75 Å². The number of nitrogens with one attached hydrogen (secondary N) is 1. The molecule has 5 heteroatoms. The van der Waals surface area contributed by atoms with Crippen molar-refractivity contribution in [3.05, 3.63) is 60.2 Å². The first kappa shape index (κ1) is 20.5. The van der Waals surface area contributed by atoms with Crippen molar-refractivity contribution in [1.82, 2.24) is 4.90 Å². The second kappa shape index (κ2) is 11.0. The van der Waals surface area contributed by atoms with Gasteiger partial charge in [0.1, 0.15) is 12.4 Å². The lowest BCUT2D eigenvalue weighted by Crippen LogP contribution is -2.37. The quantitative estimate of drug-likeness (QED) is 0.638. The van der Waals surface area contributed by atoms with Gasteiger partial charge in [-0.15, -0.1) is 0 Å². The van der Waals surface area contributed by atoms with Crippen molar-refractivity contribution in [3.63, 3.8) is 0 Å². The van der Waals surface area contributed by atoms with Gasteiger partial charge in [0.2, 0.25) is 11.8 Å². The summed E-state index contributed by atoms with van der Waals surface area (Å²) >= 11 is 0. The topological polar surface area (TPSA) is 58.6 Å². The van der Waals surface area contributed by atoms with Gasteiger partial charge in [-0.05, 0) is 36.2 Å². The lowest BCUT2D eigenvalue weighted by molar-refractivity contribution is -0.132. The highest BCUT2D eigenvalue weighted by atomic mass is 16.5. The molecule has 0 aliphatic carbocycles. The Bertz CT molecular complexity index is 714. The molecule has 0 aromatic heterocycles. The van der Waals surface area contributed by atoms with E-state index in [-0.39, 0.29) is 18.4 Å². The summed E-state index contributed by atoms with van der Waals surface area (Å²) in [7, 11) is 0. The van der Waals surface area contributed by atoms with E-state index in [0.29, 0.717) is 18.8 Å². The highest BCUT2D eigenvalue weighted by Gasteiger charge is 2.13. The molecule has 0 heterocycles. The first-order valence-electron chi connectivity index (χ1n) is 9.40. The summed E-state index contributed by atoms with van der Waals surface area (Å²) in [5.41, 5.74) is 1.78. The van der Waals surface area contributed by atoms with E-state index < -0.39 is 0 Å². The fourth-order valence-corrected chi connectivity index (χ4v) is 2.65. The third kappa shape index (κ3) is 7.52. The molecule has 0 aliphatic rings. The monoisotopic (exact) mass is 368 g/mol. The molecule has 2 amide bonds. The van der Waals surface area contributed by atoms with Crippen molar-refractivity contribution in [1.29, 1.82) is 0 Å². The van der Waals surface area contributed by atoms with Crippen LogP contribution in [0.2, 0.25) is 0 Å². The minimum atomic E-state index is -0.195. The van der Waals surface area contributed by atoms with E-state index in [9.17, 15) is 9.59 Å². The molecule has 0 aliphatic heterocycles. The molecule has 0 spiro atoms. The van der Waals surface area contributed by atoms with Gasteiger partial charge in [-0.3, -0.25) is 9.59 Å². The second-order valence-electron chi connectivity index (χ2n) is 6.49. The maximum absolute atomic E-state index is 12.2. The lowest BCUT2D eigenvalue weighted by Gasteiger charge is -2.20. The molecule has 0 atom stereocenters. The van der Waals surface area contributed by atoms with Crippen LogP contribution in [0.25, 0.3) is 0 Å². The molecule has 0 fully saturated rings. The summed E-state index contributed by atoms with van der Waals surface area (Å²) < 4.78 is 5.74. The Labute approximate surface area is 161 Å². The van der Waals surface area contributed by atoms with Crippen molar-refractivity contribution in [2.45, 2.75) is 39.7 Å². The second-order valence-corrected chi connectivity index (χ2v) is 6.49. The van der Waals surface area contributed by atoms with Crippen LogP contribution in [0.5, 0.6) is 5.75 Å². The van der Waals surface area contributed by atoms with Crippen LogP contribution < -0.4 is 10.1 Å². The molecule has 2 aromatic rings. The van der Waals surface area contributed by atoms with Crippen molar-refractivity contribution in [2.24, 2.45) is 0 Å². The minimum absolute atomic E-state index is 0.0747. The van der Waals surface area contributed by atoms with Gasteiger partial charge in [-0.25, -0.2) is 0 Å². The Hall–Kier alpha value is -2.82. The molecule has 0 unspecified atom stereocenters. The number of nitrogens with zero attached hydrogens (tertiary/aromatic N) is 1. The third-order valence-electron chi connectivity index (χ3n) is 4.20. The average molecular weight is 368 g/mol. The summed E-state index contributed by atoms with van der Waals surface area (Å²) in [5.74, 6) is 0.465. The van der Waals surface area contributed by atoms with Gasteiger partial charge >= 0.3 is 0 Å². The minimum Gasteiger partial charge on any atom is -0.489 e. The van der Waals surface area contributed by atoms with Crippen LogP contribution in [0.4, 0.5) is 5.69 Å². The smallest absolute Gasteiger partial charge is 0.243 e. The van der Waals surface area contributed by atoms with Crippen LogP contribution >= 0.6 is 0 Å². The fraction of sp³-hybridized carbons (Fsp3) is 0.364. The summed E-state index contributed by atoms with van der Waals surface area (Å²) in [4.78, 5) is 25.5. The first-order valence-corrected chi connectivity index (χ1v) is 9.40. The zero-order chi connectivity index (χ0) is 19.5. The fourth-order valence-electron chi connectivity index (χ4n) is 2.65.